The molecule has 0 radical (unpaired) electrons. The van der Waals surface area contributed by atoms with Gasteiger partial charge in [0.1, 0.15) is 0 Å². The van der Waals surface area contributed by atoms with Crippen LogP contribution in [-0.2, 0) is 4.74 Å². The van der Waals surface area contributed by atoms with Crippen LogP contribution in [0.4, 0.5) is 0 Å². The number of carbonyl (C=O) groups excluding carboxylic acids is 1. The SMILES string of the molecule is O=C1c2ccccc2[C@H]2OC[C@@H]3CCCN3N12. The average Bonchev–Trinajstić information content (AvgIpc) is 2.93. The summed E-state index contributed by atoms with van der Waals surface area (Å²) in [6.07, 6.45) is 2.10. The third-order valence-corrected chi connectivity index (χ3v) is 3.96. The van der Waals surface area contributed by atoms with Crippen LogP contribution in [0.3, 0.4) is 0 Å². The molecule has 88 valence electrons. The first kappa shape index (κ1) is 9.62. The van der Waals surface area contributed by atoms with Crippen molar-refractivity contribution < 1.29 is 9.53 Å². The topological polar surface area (TPSA) is 32.8 Å². The largest absolute Gasteiger partial charge is 0.351 e. The van der Waals surface area contributed by atoms with Crippen LogP contribution in [0.25, 0.3) is 0 Å². The highest BCUT2D eigenvalue weighted by molar-refractivity contribution is 5.98. The third kappa shape index (κ3) is 1.17. The first-order valence-electron chi connectivity index (χ1n) is 6.17. The molecule has 2 saturated heterocycles. The van der Waals surface area contributed by atoms with Crippen LogP contribution in [-0.4, -0.2) is 35.1 Å². The number of hydrazine groups is 1. The molecule has 0 saturated carbocycles. The maximum atomic E-state index is 12.4. The standard InChI is InChI=1S/C13H14N2O2/c16-12-10-5-1-2-6-11(10)13-15(12)14-7-3-4-9(14)8-17-13/h1-2,5-6,9,13H,3-4,7-8H2/t9-,13+/m0/s1. The first-order chi connectivity index (χ1) is 8.36. The molecule has 3 aliphatic rings. The lowest BCUT2D eigenvalue weighted by atomic mass is 10.1. The van der Waals surface area contributed by atoms with E-state index in [-0.39, 0.29) is 12.1 Å². The summed E-state index contributed by atoms with van der Waals surface area (Å²) in [5.74, 6) is 0.0946. The van der Waals surface area contributed by atoms with Gasteiger partial charge in [-0.2, -0.15) is 0 Å². The van der Waals surface area contributed by atoms with Gasteiger partial charge in [-0.25, -0.2) is 10.0 Å². The molecule has 2 fully saturated rings. The molecule has 3 aliphatic heterocycles. The summed E-state index contributed by atoms with van der Waals surface area (Å²) in [5, 5.41) is 4.03. The van der Waals surface area contributed by atoms with Crippen molar-refractivity contribution in [3.05, 3.63) is 35.4 Å². The van der Waals surface area contributed by atoms with Crippen LogP contribution in [0.1, 0.15) is 35.0 Å². The molecular formula is C13H14N2O2. The molecule has 1 aromatic carbocycles. The molecule has 4 rings (SSSR count). The van der Waals surface area contributed by atoms with Crippen molar-refractivity contribution in [2.75, 3.05) is 13.2 Å². The second-order valence-electron chi connectivity index (χ2n) is 4.88. The predicted octanol–water partition coefficient (Wildman–Crippen LogP) is 1.55. The summed E-state index contributed by atoms with van der Waals surface area (Å²) in [5.41, 5.74) is 1.81. The molecule has 3 heterocycles. The Hall–Kier alpha value is -1.39. The Morgan fingerprint density at radius 1 is 1.29 bits per heavy atom. The van der Waals surface area contributed by atoms with Gasteiger partial charge in [0.2, 0.25) is 0 Å². The Labute approximate surface area is 99.7 Å². The van der Waals surface area contributed by atoms with Crippen molar-refractivity contribution in [2.24, 2.45) is 0 Å². The first-order valence-corrected chi connectivity index (χ1v) is 6.17. The maximum Gasteiger partial charge on any atom is 0.271 e. The fraction of sp³-hybridized carbons (Fsp3) is 0.462. The highest BCUT2D eigenvalue weighted by Gasteiger charge is 2.47. The quantitative estimate of drug-likeness (QED) is 0.678. The van der Waals surface area contributed by atoms with Crippen LogP contribution in [0.2, 0.25) is 0 Å². The van der Waals surface area contributed by atoms with Gasteiger partial charge in [0, 0.05) is 17.7 Å². The Bertz CT molecular complexity index is 488. The van der Waals surface area contributed by atoms with Gasteiger partial charge in [0.15, 0.2) is 6.23 Å². The van der Waals surface area contributed by atoms with E-state index in [4.69, 9.17) is 4.74 Å². The predicted molar refractivity (Wildman–Crippen MR) is 61.0 cm³/mol. The van der Waals surface area contributed by atoms with Crippen molar-refractivity contribution in [3.63, 3.8) is 0 Å². The smallest absolute Gasteiger partial charge is 0.271 e. The second-order valence-corrected chi connectivity index (χ2v) is 4.88. The van der Waals surface area contributed by atoms with Gasteiger partial charge in [-0.15, -0.1) is 0 Å². The van der Waals surface area contributed by atoms with Crippen LogP contribution < -0.4 is 0 Å². The minimum Gasteiger partial charge on any atom is -0.351 e. The van der Waals surface area contributed by atoms with Crippen LogP contribution in [0.5, 0.6) is 0 Å². The fourth-order valence-corrected chi connectivity index (χ4v) is 3.16. The van der Waals surface area contributed by atoms with Crippen LogP contribution >= 0.6 is 0 Å². The molecule has 0 aliphatic carbocycles. The van der Waals surface area contributed by atoms with Crippen molar-refractivity contribution in [3.8, 4) is 0 Å². The normalized spacial score (nSPS) is 31.3. The monoisotopic (exact) mass is 230 g/mol. The Balaban J connectivity index is 1.80. The minimum absolute atomic E-state index is 0.0946. The van der Waals surface area contributed by atoms with E-state index in [9.17, 15) is 4.79 Å². The summed E-state index contributed by atoms with van der Waals surface area (Å²) in [7, 11) is 0. The van der Waals surface area contributed by atoms with Gasteiger partial charge in [-0.05, 0) is 18.9 Å². The molecule has 0 N–H and O–H groups in total. The number of nitrogens with zero attached hydrogens (tertiary/aromatic N) is 2. The van der Waals surface area contributed by atoms with E-state index in [1.165, 1.54) is 0 Å². The minimum atomic E-state index is -0.187. The van der Waals surface area contributed by atoms with Gasteiger partial charge < -0.3 is 4.74 Å². The van der Waals surface area contributed by atoms with Gasteiger partial charge in [0.25, 0.3) is 5.91 Å². The van der Waals surface area contributed by atoms with E-state index in [0.717, 1.165) is 37.1 Å². The van der Waals surface area contributed by atoms with Crippen molar-refractivity contribution in [2.45, 2.75) is 25.1 Å². The van der Waals surface area contributed by atoms with E-state index in [1.807, 2.05) is 29.3 Å². The van der Waals surface area contributed by atoms with Gasteiger partial charge in [-0.3, -0.25) is 4.79 Å². The molecule has 17 heavy (non-hydrogen) atoms. The second kappa shape index (κ2) is 3.31. The van der Waals surface area contributed by atoms with Crippen molar-refractivity contribution in [1.82, 2.24) is 10.0 Å². The van der Waals surface area contributed by atoms with Gasteiger partial charge in [0.05, 0.1) is 12.6 Å². The summed E-state index contributed by atoms with van der Waals surface area (Å²) in [4.78, 5) is 12.4. The van der Waals surface area contributed by atoms with Crippen LogP contribution in [0.15, 0.2) is 24.3 Å². The average molecular weight is 230 g/mol. The molecule has 0 bridgehead atoms. The van der Waals surface area contributed by atoms with E-state index in [0.29, 0.717) is 6.04 Å². The summed E-state index contributed by atoms with van der Waals surface area (Å²) < 4.78 is 5.88. The zero-order valence-electron chi connectivity index (χ0n) is 9.50. The molecular weight excluding hydrogens is 216 g/mol. The zero-order chi connectivity index (χ0) is 11.4. The highest BCUT2D eigenvalue weighted by atomic mass is 16.5. The Morgan fingerprint density at radius 2 is 2.18 bits per heavy atom. The van der Waals surface area contributed by atoms with Gasteiger partial charge >= 0.3 is 0 Å². The van der Waals surface area contributed by atoms with Crippen molar-refractivity contribution >= 4 is 5.91 Å². The molecule has 1 aromatic rings. The summed E-state index contributed by atoms with van der Waals surface area (Å²) >= 11 is 0. The number of amides is 1. The Kier molecular flexibility index (Phi) is 1.87. The fourth-order valence-electron chi connectivity index (χ4n) is 3.16. The van der Waals surface area contributed by atoms with E-state index in [1.54, 1.807) is 0 Å². The number of carbonyl (C=O) groups is 1. The lowest BCUT2D eigenvalue weighted by Gasteiger charge is -2.41. The molecule has 1 amide bonds. The lowest BCUT2D eigenvalue weighted by Crippen LogP contribution is -2.53. The number of benzene rings is 1. The number of hydrogen-bond donors (Lipinski definition) is 0. The van der Waals surface area contributed by atoms with E-state index >= 15 is 0 Å². The lowest BCUT2D eigenvalue weighted by molar-refractivity contribution is -0.197. The number of hydrogen-bond acceptors (Lipinski definition) is 3. The third-order valence-electron chi connectivity index (χ3n) is 3.96. The summed E-state index contributed by atoms with van der Waals surface area (Å²) in [6, 6.07) is 8.16. The van der Waals surface area contributed by atoms with E-state index < -0.39 is 0 Å². The summed E-state index contributed by atoms with van der Waals surface area (Å²) in [6.45, 7) is 1.72. The molecule has 0 unspecified atom stereocenters. The molecule has 2 atom stereocenters. The number of ether oxygens (including phenoxy) is 1. The highest BCUT2D eigenvalue weighted by Crippen LogP contribution is 2.41. The molecule has 4 nitrogen and oxygen atoms in total. The van der Waals surface area contributed by atoms with Crippen LogP contribution in [0, 0.1) is 0 Å². The number of fused-ring (bicyclic) bond motifs is 5. The van der Waals surface area contributed by atoms with Crippen molar-refractivity contribution in [1.29, 1.82) is 0 Å². The number of rotatable bonds is 0. The zero-order valence-corrected chi connectivity index (χ0v) is 9.50. The molecule has 4 heteroatoms. The van der Waals surface area contributed by atoms with E-state index in [2.05, 4.69) is 5.01 Å². The molecule has 0 aromatic heterocycles. The molecule has 0 spiro atoms. The Morgan fingerprint density at radius 3 is 3.12 bits per heavy atom. The maximum absolute atomic E-state index is 12.4. The van der Waals surface area contributed by atoms with Gasteiger partial charge in [-0.1, -0.05) is 18.2 Å².